The first-order valence-electron chi connectivity index (χ1n) is 11.2. The van der Waals surface area contributed by atoms with Crippen LogP contribution in [0.15, 0.2) is 16.5 Å². The fourth-order valence-electron chi connectivity index (χ4n) is 4.42. The molecule has 0 bridgehead atoms. The van der Waals surface area contributed by atoms with Gasteiger partial charge in [0, 0.05) is 32.2 Å². The highest BCUT2D eigenvalue weighted by molar-refractivity contribution is 5.73. The molecule has 29 heavy (non-hydrogen) atoms. The molecule has 1 saturated heterocycles. The van der Waals surface area contributed by atoms with Crippen LogP contribution in [-0.4, -0.2) is 74.9 Å². The number of hydrogen-bond acceptors (Lipinski definition) is 5. The summed E-state index contributed by atoms with van der Waals surface area (Å²) in [5.41, 5.74) is 0. The maximum Gasteiger partial charge on any atom is 0.314 e. The number of rotatable bonds is 9. The van der Waals surface area contributed by atoms with Crippen molar-refractivity contribution in [2.24, 2.45) is 0 Å². The molecule has 1 aliphatic carbocycles. The number of carbonyl (C=O) groups is 1. The molecule has 2 N–H and O–H groups in total. The third-order valence-corrected chi connectivity index (χ3v) is 6.20. The van der Waals surface area contributed by atoms with E-state index in [1.54, 1.807) is 0 Å². The van der Waals surface area contributed by atoms with E-state index in [0.29, 0.717) is 13.1 Å². The molecule has 0 aromatic carbocycles. The lowest BCUT2D eigenvalue weighted by Crippen LogP contribution is -2.46. The van der Waals surface area contributed by atoms with Crippen molar-refractivity contribution < 1.29 is 13.9 Å². The predicted molar refractivity (Wildman–Crippen MR) is 114 cm³/mol. The molecule has 1 aliphatic heterocycles. The predicted octanol–water partition coefficient (Wildman–Crippen LogP) is 2.92. The summed E-state index contributed by atoms with van der Waals surface area (Å²) in [4.78, 5) is 17.1. The van der Waals surface area contributed by atoms with Gasteiger partial charge >= 0.3 is 6.03 Å². The van der Waals surface area contributed by atoms with E-state index in [1.165, 1.54) is 32.1 Å². The number of aryl methyl sites for hydroxylation is 1. The maximum absolute atomic E-state index is 12.3. The number of furan rings is 1. The first kappa shape index (κ1) is 22.1. The molecule has 1 saturated carbocycles. The number of amides is 2. The van der Waals surface area contributed by atoms with Gasteiger partial charge in [0.1, 0.15) is 11.5 Å². The molecule has 7 heteroatoms. The second-order valence-corrected chi connectivity index (χ2v) is 8.38. The quantitative estimate of drug-likeness (QED) is 0.617. The van der Waals surface area contributed by atoms with Crippen molar-refractivity contribution in [3.8, 4) is 0 Å². The smallest absolute Gasteiger partial charge is 0.314 e. The van der Waals surface area contributed by atoms with Gasteiger partial charge in [-0.25, -0.2) is 4.79 Å². The second-order valence-electron chi connectivity index (χ2n) is 8.38. The zero-order chi connectivity index (χ0) is 20.5. The van der Waals surface area contributed by atoms with Gasteiger partial charge in [0.2, 0.25) is 0 Å². The van der Waals surface area contributed by atoms with Crippen LogP contribution >= 0.6 is 0 Å². The van der Waals surface area contributed by atoms with Crippen molar-refractivity contribution in [1.29, 1.82) is 0 Å². The van der Waals surface area contributed by atoms with Crippen LogP contribution < -0.4 is 10.6 Å². The van der Waals surface area contributed by atoms with Crippen LogP contribution in [0.1, 0.15) is 56.1 Å². The lowest BCUT2D eigenvalue weighted by atomic mass is 9.94. The number of ether oxygens (including phenoxy) is 1. The van der Waals surface area contributed by atoms with E-state index >= 15 is 0 Å². The molecule has 2 aliphatic rings. The van der Waals surface area contributed by atoms with Crippen LogP contribution in [0.5, 0.6) is 0 Å². The van der Waals surface area contributed by atoms with E-state index in [2.05, 4.69) is 27.5 Å². The van der Waals surface area contributed by atoms with E-state index in [1.807, 2.05) is 19.1 Å². The molecule has 2 fully saturated rings. The van der Waals surface area contributed by atoms with Crippen LogP contribution in [0.2, 0.25) is 0 Å². The van der Waals surface area contributed by atoms with Crippen molar-refractivity contribution in [2.45, 2.75) is 57.5 Å². The molecule has 7 nitrogen and oxygen atoms in total. The number of nitrogens with one attached hydrogen (secondary N) is 2. The summed E-state index contributed by atoms with van der Waals surface area (Å²) in [5.74, 6) is 1.80. The Hall–Kier alpha value is -1.57. The minimum Gasteiger partial charge on any atom is -0.465 e. The van der Waals surface area contributed by atoms with E-state index in [-0.39, 0.29) is 12.1 Å². The van der Waals surface area contributed by atoms with Gasteiger partial charge in [-0.1, -0.05) is 19.3 Å². The van der Waals surface area contributed by atoms with E-state index < -0.39 is 0 Å². The van der Waals surface area contributed by atoms with Crippen LogP contribution in [-0.2, 0) is 4.74 Å². The van der Waals surface area contributed by atoms with Crippen molar-refractivity contribution >= 4 is 6.03 Å². The summed E-state index contributed by atoms with van der Waals surface area (Å²) in [7, 11) is 2.22. The monoisotopic (exact) mass is 406 g/mol. The SMILES string of the molecule is Cc1ccc(C(CNC(=O)NCCCN(C)C2CCCCC2)N2CCOCC2)o1. The largest absolute Gasteiger partial charge is 0.465 e. The Balaban J connectivity index is 1.38. The van der Waals surface area contributed by atoms with Gasteiger partial charge in [-0.3, -0.25) is 4.90 Å². The number of morpholine rings is 1. The molecule has 3 rings (SSSR count). The van der Waals surface area contributed by atoms with Crippen LogP contribution in [0.4, 0.5) is 4.79 Å². The fourth-order valence-corrected chi connectivity index (χ4v) is 4.42. The number of urea groups is 1. The van der Waals surface area contributed by atoms with Gasteiger partial charge in [0.05, 0.1) is 19.3 Å². The molecular weight excluding hydrogens is 368 g/mol. The molecule has 1 unspecified atom stereocenters. The number of carbonyl (C=O) groups excluding carboxylic acids is 1. The van der Waals surface area contributed by atoms with Crippen molar-refractivity contribution in [3.63, 3.8) is 0 Å². The van der Waals surface area contributed by atoms with Crippen molar-refractivity contribution in [3.05, 3.63) is 23.7 Å². The lowest BCUT2D eigenvalue weighted by Gasteiger charge is -2.33. The third kappa shape index (κ3) is 7.01. The van der Waals surface area contributed by atoms with Gasteiger partial charge in [-0.2, -0.15) is 0 Å². The first-order valence-corrected chi connectivity index (χ1v) is 11.2. The number of hydrogen-bond donors (Lipinski definition) is 2. The van der Waals surface area contributed by atoms with E-state index in [9.17, 15) is 4.79 Å². The average Bonchev–Trinajstić information content (AvgIpc) is 3.18. The Labute approximate surface area is 175 Å². The van der Waals surface area contributed by atoms with Crippen molar-refractivity contribution in [1.82, 2.24) is 20.4 Å². The Morgan fingerprint density at radius 1 is 1.21 bits per heavy atom. The minimum atomic E-state index is -0.105. The average molecular weight is 407 g/mol. The minimum absolute atomic E-state index is 0.0378. The molecular formula is C22H38N4O3. The first-order chi connectivity index (χ1) is 14.1. The highest BCUT2D eigenvalue weighted by atomic mass is 16.5. The molecule has 2 heterocycles. The molecule has 1 aromatic heterocycles. The topological polar surface area (TPSA) is 70.0 Å². The molecule has 164 valence electrons. The zero-order valence-electron chi connectivity index (χ0n) is 18.1. The summed E-state index contributed by atoms with van der Waals surface area (Å²) in [6.07, 6.45) is 7.71. The third-order valence-electron chi connectivity index (χ3n) is 6.20. The van der Waals surface area contributed by atoms with Crippen LogP contribution in [0.25, 0.3) is 0 Å². The van der Waals surface area contributed by atoms with E-state index in [4.69, 9.17) is 9.15 Å². The molecule has 0 spiro atoms. The fraction of sp³-hybridized carbons (Fsp3) is 0.773. The summed E-state index contributed by atoms with van der Waals surface area (Å²) < 4.78 is 11.3. The Morgan fingerprint density at radius 3 is 2.66 bits per heavy atom. The van der Waals surface area contributed by atoms with Gasteiger partial charge in [-0.15, -0.1) is 0 Å². The molecule has 0 radical (unpaired) electrons. The highest BCUT2D eigenvalue weighted by Crippen LogP contribution is 2.23. The number of nitrogens with zero attached hydrogens (tertiary/aromatic N) is 2. The Bertz CT molecular complexity index is 609. The van der Waals surface area contributed by atoms with Crippen LogP contribution in [0, 0.1) is 6.92 Å². The van der Waals surface area contributed by atoms with Gasteiger partial charge in [0.15, 0.2) is 0 Å². The molecule has 1 aromatic rings. The molecule has 2 amide bonds. The van der Waals surface area contributed by atoms with Crippen LogP contribution in [0.3, 0.4) is 0 Å². The Kier molecular flexibility index (Phi) is 8.83. The lowest BCUT2D eigenvalue weighted by molar-refractivity contribution is 0.0121. The molecule has 1 atom stereocenters. The normalized spacial score (nSPS) is 20.0. The van der Waals surface area contributed by atoms with Gasteiger partial charge < -0.3 is 24.7 Å². The van der Waals surface area contributed by atoms with Crippen molar-refractivity contribution in [2.75, 3.05) is 53.0 Å². The summed E-state index contributed by atoms with van der Waals surface area (Å²) in [5, 5.41) is 6.04. The van der Waals surface area contributed by atoms with Gasteiger partial charge in [-0.05, 0) is 51.9 Å². The summed E-state index contributed by atoms with van der Waals surface area (Å²) >= 11 is 0. The highest BCUT2D eigenvalue weighted by Gasteiger charge is 2.25. The maximum atomic E-state index is 12.3. The zero-order valence-corrected chi connectivity index (χ0v) is 18.1. The Morgan fingerprint density at radius 2 is 1.97 bits per heavy atom. The summed E-state index contributed by atoms with van der Waals surface area (Å²) in [6.45, 7) is 7.35. The van der Waals surface area contributed by atoms with E-state index in [0.717, 1.165) is 56.8 Å². The summed E-state index contributed by atoms with van der Waals surface area (Å²) in [6, 6.07) is 4.65. The standard InChI is InChI=1S/C22H38N4O3/c1-18-9-10-21(29-18)20(26-13-15-28-16-14-26)17-24-22(27)23-11-6-12-25(2)19-7-4-3-5-8-19/h9-10,19-20H,3-8,11-17H2,1-2H3,(H2,23,24,27). The second kappa shape index (κ2) is 11.6. The van der Waals surface area contributed by atoms with Gasteiger partial charge in [0.25, 0.3) is 0 Å².